The van der Waals surface area contributed by atoms with Gasteiger partial charge in [-0.15, -0.1) is 0 Å². The van der Waals surface area contributed by atoms with Crippen molar-refractivity contribution >= 4 is 19.4 Å². The molecule has 0 radical (unpaired) electrons. The molecule has 8 heteroatoms. The second kappa shape index (κ2) is 31.3. The molecule has 2 atom stereocenters. The largest absolute Gasteiger partial charge is 0.756 e. The van der Waals surface area contributed by atoms with Gasteiger partial charge in [0.05, 0.1) is 21.1 Å². The van der Waals surface area contributed by atoms with Crippen LogP contribution in [-0.2, 0) is 18.7 Å². The molecular weight excluding hydrogens is 657 g/mol. The number of Topliss-reactive ketones (excluding diaryl/α,β-unsaturated/α-hetero) is 2. The number of phosphoric acid groups is 1. The SMILES string of the molecule is CCCCCCCC/C=C\CCCCCCCC(=O)C(C(=O)CCCCCCC/C=C\CCCCCCCC)(C(CC)OP(=O)([O-])O)[N+](C)(C)C. The fraction of sp³-hybridized carbons (Fsp3) is 0.860. The minimum atomic E-state index is -5.19. The van der Waals surface area contributed by atoms with Gasteiger partial charge in [0.25, 0.3) is 7.82 Å². The van der Waals surface area contributed by atoms with Crippen molar-refractivity contribution in [3.05, 3.63) is 24.3 Å². The number of phosphoric ester groups is 1. The maximum atomic E-state index is 14.1. The molecule has 1 N–H and O–H groups in total. The van der Waals surface area contributed by atoms with E-state index in [0.29, 0.717) is 12.8 Å². The highest BCUT2D eigenvalue weighted by Gasteiger charge is 2.61. The third kappa shape index (κ3) is 24.0. The van der Waals surface area contributed by atoms with Crippen LogP contribution in [0.1, 0.15) is 207 Å². The molecule has 2 unspecified atom stereocenters. The lowest BCUT2D eigenvalue weighted by molar-refractivity contribution is -0.906. The Morgan fingerprint density at radius 3 is 1.16 bits per heavy atom. The maximum absolute atomic E-state index is 14.1. The first-order chi connectivity index (χ1) is 24.4. The van der Waals surface area contributed by atoms with Crippen LogP contribution in [0.5, 0.6) is 0 Å². The van der Waals surface area contributed by atoms with Crippen LogP contribution in [0, 0.1) is 0 Å². The summed E-state index contributed by atoms with van der Waals surface area (Å²) in [5, 5.41) is 0. The number of ketones is 2. The zero-order valence-corrected chi connectivity index (χ0v) is 35.2. The summed E-state index contributed by atoms with van der Waals surface area (Å²) in [4.78, 5) is 49.9. The maximum Gasteiger partial charge on any atom is 0.265 e. The molecule has 0 amide bonds. The standard InChI is InChI=1S/C43H82NO6P/c1-7-10-12-14-16-18-20-22-24-26-28-30-32-34-36-38-40(45)43(44(4,5)6,42(9-3)50-51(47,48)49)41(46)39-37-35-33-31-29-27-25-23-21-19-17-15-13-11-8-2/h22-25,42H,7-21,26-39H2,1-6H3,(H-,47,48,49)/b24-22-,25-23-. The normalized spacial score (nSPS) is 14.4. The lowest BCUT2D eigenvalue weighted by atomic mass is 9.75. The quantitative estimate of drug-likeness (QED) is 0.0224. The molecule has 0 rings (SSSR count). The molecule has 0 aliphatic carbocycles. The van der Waals surface area contributed by atoms with Gasteiger partial charge in [-0.05, 0) is 70.6 Å². The molecule has 0 aromatic rings. The molecule has 7 nitrogen and oxygen atoms in total. The van der Waals surface area contributed by atoms with Crippen LogP contribution < -0.4 is 4.89 Å². The first kappa shape index (κ1) is 49.9. The Bertz CT molecular complexity index is 914. The van der Waals surface area contributed by atoms with Crippen molar-refractivity contribution in [3.8, 4) is 0 Å². The highest BCUT2D eigenvalue weighted by Crippen LogP contribution is 2.42. The number of allylic oxidation sites excluding steroid dienone is 4. The molecule has 0 aromatic heterocycles. The zero-order chi connectivity index (χ0) is 38.3. The summed E-state index contributed by atoms with van der Waals surface area (Å²) in [5.74, 6) is -0.573. The van der Waals surface area contributed by atoms with Gasteiger partial charge in [0.2, 0.25) is 17.1 Å². The Morgan fingerprint density at radius 1 is 0.588 bits per heavy atom. The van der Waals surface area contributed by atoms with Crippen LogP contribution in [-0.4, -0.2) is 53.7 Å². The summed E-state index contributed by atoms with van der Waals surface area (Å²) >= 11 is 0. The van der Waals surface area contributed by atoms with Crippen molar-refractivity contribution < 1.29 is 32.9 Å². The molecule has 0 fully saturated rings. The highest BCUT2D eigenvalue weighted by atomic mass is 31.2. The van der Waals surface area contributed by atoms with Crippen molar-refractivity contribution in [2.24, 2.45) is 0 Å². The predicted molar refractivity (Wildman–Crippen MR) is 215 cm³/mol. The lowest BCUT2D eigenvalue weighted by Crippen LogP contribution is -2.72. The van der Waals surface area contributed by atoms with E-state index in [1.807, 2.05) is 0 Å². The van der Waals surface area contributed by atoms with Crippen molar-refractivity contribution in [2.75, 3.05) is 21.1 Å². The molecule has 51 heavy (non-hydrogen) atoms. The summed E-state index contributed by atoms with van der Waals surface area (Å²) < 4.78 is 17.0. The molecule has 0 saturated carbocycles. The number of quaternary nitrogens is 1. The molecule has 0 heterocycles. The van der Waals surface area contributed by atoms with E-state index in [1.54, 1.807) is 28.1 Å². The van der Waals surface area contributed by atoms with Gasteiger partial charge in [-0.1, -0.05) is 148 Å². The molecule has 300 valence electrons. The van der Waals surface area contributed by atoms with Crippen LogP contribution in [0.3, 0.4) is 0 Å². The third-order valence-corrected chi connectivity index (χ3v) is 10.9. The Morgan fingerprint density at radius 2 is 0.882 bits per heavy atom. The average Bonchev–Trinajstić information content (AvgIpc) is 3.06. The Balaban J connectivity index is 4.90. The number of likely N-dealkylation sites (N-methyl/N-ethyl adjacent to an activating group) is 1. The van der Waals surface area contributed by atoms with Crippen LogP contribution >= 0.6 is 7.82 Å². The molecule has 0 saturated heterocycles. The van der Waals surface area contributed by atoms with Crippen LogP contribution in [0.25, 0.3) is 0 Å². The summed E-state index contributed by atoms with van der Waals surface area (Å²) in [7, 11) is 0.0914. The number of nitrogens with zero attached hydrogens (tertiary/aromatic N) is 1. The number of carbonyl (C=O) groups excluding carboxylic acids is 2. The number of unbranched alkanes of at least 4 members (excludes halogenated alkanes) is 22. The highest BCUT2D eigenvalue weighted by molar-refractivity contribution is 7.44. The van der Waals surface area contributed by atoms with Crippen LogP contribution in [0.2, 0.25) is 0 Å². The van der Waals surface area contributed by atoms with Crippen molar-refractivity contribution in [1.29, 1.82) is 0 Å². The molecule has 0 aliphatic rings. The third-order valence-electron chi connectivity index (χ3n) is 10.3. The number of hydrogen-bond acceptors (Lipinski definition) is 5. The summed E-state index contributed by atoms with van der Waals surface area (Å²) in [6, 6.07) is 0. The van der Waals surface area contributed by atoms with E-state index >= 15 is 0 Å². The topological polar surface area (TPSA) is 104 Å². The zero-order valence-electron chi connectivity index (χ0n) is 34.3. The molecule has 0 bridgehead atoms. The summed E-state index contributed by atoms with van der Waals surface area (Å²) in [6.07, 6.45) is 38.3. The van der Waals surface area contributed by atoms with Gasteiger partial charge in [-0.3, -0.25) is 14.2 Å². The summed E-state index contributed by atoms with van der Waals surface area (Å²) in [6.45, 7) is 6.20. The number of carbonyl (C=O) groups is 2. The van der Waals surface area contributed by atoms with E-state index in [4.69, 9.17) is 4.52 Å². The van der Waals surface area contributed by atoms with Crippen molar-refractivity contribution in [1.82, 2.24) is 0 Å². The van der Waals surface area contributed by atoms with Gasteiger partial charge in [0.1, 0.15) is 6.10 Å². The van der Waals surface area contributed by atoms with Gasteiger partial charge in [-0.25, -0.2) is 0 Å². The Labute approximate surface area is 315 Å². The smallest absolute Gasteiger partial charge is 0.265 e. The number of hydrogen-bond donors (Lipinski definition) is 1. The van der Waals surface area contributed by atoms with Crippen molar-refractivity contribution in [2.45, 2.75) is 219 Å². The average molecular weight is 740 g/mol. The van der Waals surface area contributed by atoms with E-state index in [0.717, 1.165) is 64.2 Å². The van der Waals surface area contributed by atoms with Gasteiger partial charge < -0.3 is 18.8 Å². The van der Waals surface area contributed by atoms with Crippen LogP contribution in [0.15, 0.2) is 24.3 Å². The first-order valence-electron chi connectivity index (χ1n) is 21.3. The van der Waals surface area contributed by atoms with Crippen LogP contribution in [0.4, 0.5) is 0 Å². The van der Waals surface area contributed by atoms with Crippen molar-refractivity contribution in [3.63, 3.8) is 0 Å². The van der Waals surface area contributed by atoms with E-state index in [1.165, 1.54) is 89.9 Å². The molecule has 0 spiro atoms. The predicted octanol–water partition coefficient (Wildman–Crippen LogP) is 11.9. The minimum absolute atomic E-state index is 0.0840. The van der Waals surface area contributed by atoms with Gasteiger partial charge in [-0.2, -0.15) is 0 Å². The fourth-order valence-corrected chi connectivity index (χ4v) is 8.02. The van der Waals surface area contributed by atoms with Gasteiger partial charge >= 0.3 is 0 Å². The van der Waals surface area contributed by atoms with Gasteiger partial charge in [0, 0.05) is 12.8 Å². The van der Waals surface area contributed by atoms with E-state index in [-0.39, 0.29) is 35.3 Å². The summed E-state index contributed by atoms with van der Waals surface area (Å²) in [5.41, 5.74) is -1.71. The Hall–Kier alpha value is -1.11. The monoisotopic (exact) mass is 740 g/mol. The number of rotatable bonds is 37. The van der Waals surface area contributed by atoms with E-state index < -0.39 is 19.5 Å². The van der Waals surface area contributed by atoms with Gasteiger partial charge in [0.15, 0.2) is 0 Å². The second-order valence-corrected chi connectivity index (χ2v) is 16.9. The van der Waals surface area contributed by atoms with E-state index in [2.05, 4.69) is 38.2 Å². The molecular formula is C43H82NO6P. The minimum Gasteiger partial charge on any atom is -0.756 e. The first-order valence-corrected chi connectivity index (χ1v) is 22.8. The lowest BCUT2D eigenvalue weighted by Gasteiger charge is -2.48. The molecule has 0 aromatic carbocycles. The van der Waals surface area contributed by atoms with E-state index in [9.17, 15) is 23.9 Å². The molecule has 0 aliphatic heterocycles. The second-order valence-electron chi connectivity index (χ2n) is 15.8. The Kier molecular flexibility index (Phi) is 30.6. The fourth-order valence-electron chi connectivity index (χ4n) is 7.40.